The molecule has 0 aromatic heterocycles. The van der Waals surface area contributed by atoms with E-state index in [0.29, 0.717) is 0 Å². The third-order valence-corrected chi connectivity index (χ3v) is 4.82. The van der Waals surface area contributed by atoms with Crippen LogP contribution < -0.4 is 15.6 Å². The Kier molecular flexibility index (Phi) is 21.6. The number of halogens is 3. The molecule has 24 heavy (non-hydrogen) atoms. The van der Waals surface area contributed by atoms with Gasteiger partial charge in [-0.25, -0.2) is 0 Å². The number of hydrogen-bond donors (Lipinski definition) is 0. The van der Waals surface area contributed by atoms with Crippen LogP contribution in [0.5, 0.6) is 0 Å². The van der Waals surface area contributed by atoms with Crippen molar-refractivity contribution in [1.29, 1.82) is 0 Å². The Morgan fingerprint density at radius 1 is 0.333 bits per heavy atom. The number of rotatable bonds is 0. The molecule has 0 heterocycles. The minimum absolute atomic E-state index is 0. The van der Waals surface area contributed by atoms with E-state index < -0.39 is 0 Å². The fraction of sp³-hybridized carbons (Fsp3) is 0. The molecule has 0 atom stereocenters. The van der Waals surface area contributed by atoms with Gasteiger partial charge < -0.3 is 0 Å². The average molecular weight is 434 g/mol. The fourth-order valence-corrected chi connectivity index (χ4v) is 2.76. The highest BCUT2D eigenvalue weighted by Gasteiger charge is 1.73. The molecule has 3 aromatic carbocycles. The summed E-state index contributed by atoms with van der Waals surface area (Å²) in [6.45, 7) is 0. The van der Waals surface area contributed by atoms with Crippen molar-refractivity contribution in [2.24, 2.45) is 0 Å². The Hall–Kier alpha value is -0.819. The van der Waals surface area contributed by atoms with E-state index in [1.807, 2.05) is 18.2 Å². The van der Waals surface area contributed by atoms with E-state index in [0.717, 1.165) is 0 Å². The van der Waals surface area contributed by atoms with Gasteiger partial charge in [-0.05, 0) is 0 Å². The summed E-state index contributed by atoms with van der Waals surface area (Å²) in [5.41, 5.74) is 0. The molecule has 0 saturated heterocycles. The van der Waals surface area contributed by atoms with Gasteiger partial charge >= 0.3 is 0 Å². The minimum Gasteiger partial charge on any atom is -0.147 e. The predicted octanol–water partition coefficient (Wildman–Crippen LogP) is 0.297. The van der Waals surface area contributed by atoms with Crippen molar-refractivity contribution in [3.05, 3.63) is 91.0 Å². The number of hydrogen-bond acceptors (Lipinski definition) is 0. The second kappa shape index (κ2) is 18.5. The maximum Gasteiger partial charge on any atom is 0.0384 e. The summed E-state index contributed by atoms with van der Waals surface area (Å²) in [5.74, 6) is 0. The van der Waals surface area contributed by atoms with Gasteiger partial charge in [-0.3, -0.25) is 0 Å². The molecule has 0 aliphatic carbocycles. The molecule has 0 fully saturated rings. The van der Waals surface area contributed by atoms with E-state index in [4.69, 9.17) is 0 Å². The largest absolute Gasteiger partial charge is 0.147 e. The normalized spacial score (nSPS) is 8.00. The van der Waals surface area contributed by atoms with Crippen LogP contribution >= 0.6 is 37.2 Å². The first-order chi connectivity index (χ1) is 10.2. The second-order valence-electron chi connectivity index (χ2n) is 4.96. The maximum absolute atomic E-state index is 2.15. The van der Waals surface area contributed by atoms with Crippen molar-refractivity contribution in [2.75, 3.05) is 0 Å². The number of benzene rings is 3. The van der Waals surface area contributed by atoms with Crippen molar-refractivity contribution in [1.82, 2.24) is 0 Å². The van der Waals surface area contributed by atoms with Crippen molar-refractivity contribution in [3.8, 4) is 0 Å². The van der Waals surface area contributed by atoms with Gasteiger partial charge in [0.15, 0.2) is 0 Å². The molecule has 0 saturated carbocycles. The summed E-state index contributed by atoms with van der Waals surface area (Å²) >= 11 is 0. The quantitative estimate of drug-likeness (QED) is 0.447. The van der Waals surface area contributed by atoms with E-state index in [2.05, 4.69) is 72.8 Å². The van der Waals surface area contributed by atoms with Gasteiger partial charge in [0.05, 0.1) is 0 Å². The first kappa shape index (κ1) is 28.0. The van der Waals surface area contributed by atoms with Crippen LogP contribution in [0.25, 0.3) is 0 Å². The zero-order valence-electron chi connectivity index (χ0n) is 14.4. The lowest BCUT2D eigenvalue weighted by Gasteiger charge is -1.82. The van der Waals surface area contributed by atoms with Crippen molar-refractivity contribution < 1.29 is 0 Å². The van der Waals surface area contributed by atoms with Crippen molar-refractivity contribution >= 4 is 83.5 Å². The lowest BCUT2D eigenvalue weighted by Crippen LogP contribution is -1.97. The van der Waals surface area contributed by atoms with E-state index >= 15 is 0 Å². The molecular formula is C18H27Cl3Si3. The third-order valence-electron chi connectivity index (χ3n) is 2.82. The molecule has 132 valence electrons. The Balaban J connectivity index is -0.000000259. The van der Waals surface area contributed by atoms with E-state index in [-0.39, 0.29) is 37.2 Å². The van der Waals surface area contributed by atoms with Crippen LogP contribution in [0, 0.1) is 0 Å². The third kappa shape index (κ3) is 16.1. The standard InChI is InChI=1S/3C6H8Si.3ClH/c3*7-6-4-2-1-3-5-6;;;/h3*1-5H,7H3;3*1H. The van der Waals surface area contributed by atoms with Crippen LogP contribution in [0.4, 0.5) is 0 Å². The van der Waals surface area contributed by atoms with Gasteiger partial charge in [0.2, 0.25) is 0 Å². The minimum atomic E-state index is 0. The van der Waals surface area contributed by atoms with Gasteiger partial charge in [0.25, 0.3) is 0 Å². The highest BCUT2D eigenvalue weighted by atomic mass is 35.5. The van der Waals surface area contributed by atoms with Crippen LogP contribution in [0.15, 0.2) is 91.0 Å². The molecule has 6 heteroatoms. The summed E-state index contributed by atoms with van der Waals surface area (Å²) in [5, 5.41) is 4.38. The van der Waals surface area contributed by atoms with E-state index in [9.17, 15) is 0 Å². The van der Waals surface area contributed by atoms with Crippen LogP contribution in [-0.4, -0.2) is 30.7 Å². The molecule has 0 spiro atoms. The molecule has 0 aliphatic rings. The van der Waals surface area contributed by atoms with Crippen LogP contribution in [0.1, 0.15) is 0 Å². The fourth-order valence-electron chi connectivity index (χ4n) is 1.60. The van der Waals surface area contributed by atoms with Gasteiger partial charge in [0, 0.05) is 30.7 Å². The molecule has 3 rings (SSSR count). The molecule has 0 aliphatic heterocycles. The molecule has 0 radical (unpaired) electrons. The lowest BCUT2D eigenvalue weighted by atomic mass is 10.4. The topological polar surface area (TPSA) is 0 Å². The van der Waals surface area contributed by atoms with Crippen LogP contribution in [0.3, 0.4) is 0 Å². The molecule has 0 N–H and O–H groups in total. The van der Waals surface area contributed by atoms with Crippen molar-refractivity contribution in [2.45, 2.75) is 0 Å². The van der Waals surface area contributed by atoms with Crippen LogP contribution in [-0.2, 0) is 0 Å². The Labute approximate surface area is 174 Å². The molecule has 0 nitrogen and oxygen atoms in total. The second-order valence-corrected chi connectivity index (χ2v) is 8.43. The Morgan fingerprint density at radius 2 is 0.500 bits per heavy atom. The molecule has 0 unspecified atom stereocenters. The molecule has 3 aromatic rings. The SMILES string of the molecule is Cl.Cl.Cl.[SiH3]c1ccccc1.[SiH3]c1ccccc1.[SiH3]c1ccccc1. The maximum atomic E-state index is 2.15. The monoisotopic (exact) mass is 432 g/mol. The predicted molar refractivity (Wildman–Crippen MR) is 130 cm³/mol. The lowest BCUT2D eigenvalue weighted by molar-refractivity contribution is 1.78. The highest BCUT2D eigenvalue weighted by molar-refractivity contribution is 6.32. The highest BCUT2D eigenvalue weighted by Crippen LogP contribution is 1.77. The van der Waals surface area contributed by atoms with Crippen LogP contribution in [0.2, 0.25) is 0 Å². The van der Waals surface area contributed by atoms with Gasteiger partial charge in [-0.15, -0.1) is 37.2 Å². The van der Waals surface area contributed by atoms with Gasteiger partial charge in [0.1, 0.15) is 0 Å². The van der Waals surface area contributed by atoms with Gasteiger partial charge in [-0.1, -0.05) is 107 Å². The summed E-state index contributed by atoms with van der Waals surface area (Å²) in [4.78, 5) is 0. The van der Waals surface area contributed by atoms with E-state index in [1.54, 1.807) is 0 Å². The zero-order valence-corrected chi connectivity index (χ0v) is 22.8. The summed E-state index contributed by atoms with van der Waals surface area (Å²) in [6, 6.07) is 31.4. The first-order valence-corrected chi connectivity index (χ1v) is 10.2. The van der Waals surface area contributed by atoms with Crippen molar-refractivity contribution in [3.63, 3.8) is 0 Å². The van der Waals surface area contributed by atoms with E-state index in [1.165, 1.54) is 46.3 Å². The summed E-state index contributed by atoms with van der Waals surface area (Å²) in [6.07, 6.45) is 0. The summed E-state index contributed by atoms with van der Waals surface area (Å²) in [7, 11) is 3.52. The Bertz CT molecular complexity index is 505. The first-order valence-electron chi connectivity index (χ1n) is 7.23. The van der Waals surface area contributed by atoms with Gasteiger partial charge in [-0.2, -0.15) is 0 Å². The summed E-state index contributed by atoms with van der Waals surface area (Å²) < 4.78 is 0. The smallest absolute Gasteiger partial charge is 0.0384 e. The average Bonchev–Trinajstić information content (AvgIpc) is 2.51. The molecular weight excluding hydrogens is 407 g/mol. The Morgan fingerprint density at radius 3 is 0.583 bits per heavy atom. The molecule has 0 bridgehead atoms. The zero-order chi connectivity index (χ0) is 15.3. The molecule has 0 amide bonds.